The number of amides is 3. The number of aliphatic hydroxyl groups is 1. The minimum atomic E-state index is -4.24. The van der Waals surface area contributed by atoms with Crippen molar-refractivity contribution in [3.05, 3.63) is 29.3 Å². The number of phenolic OH excluding ortho intramolecular Hbond substituents is 1. The molecule has 0 radical (unpaired) electrons. The monoisotopic (exact) mass is 485 g/mol. The van der Waals surface area contributed by atoms with Crippen LogP contribution in [-0.2, 0) is 11.2 Å². The van der Waals surface area contributed by atoms with Gasteiger partial charge in [-0.3, -0.25) is 15.0 Å². The van der Waals surface area contributed by atoms with Gasteiger partial charge in [-0.1, -0.05) is 6.07 Å². The van der Waals surface area contributed by atoms with Gasteiger partial charge in [0.05, 0.1) is 5.60 Å². The Morgan fingerprint density at radius 2 is 1.76 bits per heavy atom. The molecule has 1 aliphatic carbocycles. The molecular weight excluding hydrogens is 451 g/mol. The van der Waals surface area contributed by atoms with Gasteiger partial charge in [-0.05, 0) is 95.1 Å². The van der Waals surface area contributed by atoms with Crippen molar-refractivity contribution in [1.82, 2.24) is 15.5 Å². The van der Waals surface area contributed by atoms with Gasteiger partial charge in [0, 0.05) is 12.5 Å². The van der Waals surface area contributed by atoms with Gasteiger partial charge in [-0.2, -0.15) is 13.2 Å². The van der Waals surface area contributed by atoms with Crippen LogP contribution in [0.1, 0.15) is 63.0 Å². The summed E-state index contributed by atoms with van der Waals surface area (Å²) in [4.78, 5) is 25.7. The zero-order valence-electron chi connectivity index (χ0n) is 19.7. The standard InChI is InChI=1S/C24H34F3N3O4/c1-16-6-7-19(31)15-18(16)5-3-13-30(14-4-8-24(25,26)27)17(2)23(34)11-9-22(10-12-23)20(32)28-21(33)29-22/h6-7,15,17,31,34H,3-5,8-14H2,1-2H3,(H2,28,29,32,33). The summed E-state index contributed by atoms with van der Waals surface area (Å²) in [6, 6.07) is 4.17. The van der Waals surface area contributed by atoms with Gasteiger partial charge in [0.25, 0.3) is 5.91 Å². The highest BCUT2D eigenvalue weighted by Gasteiger charge is 2.53. The maximum Gasteiger partial charge on any atom is 0.389 e. The number of nitrogens with zero attached hydrogens (tertiary/aromatic N) is 1. The van der Waals surface area contributed by atoms with Crippen molar-refractivity contribution in [1.29, 1.82) is 0 Å². The molecule has 0 aromatic heterocycles. The van der Waals surface area contributed by atoms with Crippen molar-refractivity contribution < 1.29 is 33.0 Å². The number of phenols is 1. The second-order valence-corrected chi connectivity index (χ2v) is 9.74. The Morgan fingerprint density at radius 1 is 1.12 bits per heavy atom. The molecule has 1 spiro atoms. The van der Waals surface area contributed by atoms with Crippen molar-refractivity contribution in [2.45, 2.75) is 88.6 Å². The van der Waals surface area contributed by atoms with Crippen LogP contribution in [0.15, 0.2) is 18.2 Å². The first-order chi connectivity index (χ1) is 15.8. The third-order valence-corrected chi connectivity index (χ3v) is 7.44. The number of rotatable bonds is 9. The normalized spacial score (nSPS) is 26.1. The van der Waals surface area contributed by atoms with E-state index in [4.69, 9.17) is 0 Å². The number of aromatic hydroxyl groups is 1. The van der Waals surface area contributed by atoms with Gasteiger partial charge < -0.3 is 15.5 Å². The number of carbonyl (C=O) groups excluding carboxylic acids is 2. The average molecular weight is 486 g/mol. The first-order valence-corrected chi connectivity index (χ1v) is 11.8. The number of hydrogen-bond acceptors (Lipinski definition) is 5. The lowest BCUT2D eigenvalue weighted by molar-refractivity contribution is -0.138. The van der Waals surface area contributed by atoms with Crippen molar-refractivity contribution in [2.24, 2.45) is 0 Å². The molecule has 3 amide bonds. The Bertz CT molecular complexity index is 898. The van der Waals surface area contributed by atoms with Crippen LogP contribution < -0.4 is 10.6 Å². The first kappa shape index (κ1) is 26.3. The third kappa shape index (κ3) is 6.21. The quantitative estimate of drug-likeness (QED) is 0.401. The lowest BCUT2D eigenvalue weighted by Gasteiger charge is -2.47. The van der Waals surface area contributed by atoms with Crippen LogP contribution in [0.3, 0.4) is 0 Å². The molecule has 1 aromatic carbocycles. The minimum absolute atomic E-state index is 0.0720. The Balaban J connectivity index is 1.65. The molecule has 0 bridgehead atoms. The van der Waals surface area contributed by atoms with E-state index in [1.165, 1.54) is 0 Å². The van der Waals surface area contributed by atoms with E-state index in [2.05, 4.69) is 10.6 Å². The second kappa shape index (κ2) is 10.1. The predicted molar refractivity (Wildman–Crippen MR) is 120 cm³/mol. The van der Waals surface area contributed by atoms with E-state index in [1.807, 2.05) is 24.8 Å². The number of benzene rings is 1. The number of halogens is 3. The average Bonchev–Trinajstić information content (AvgIpc) is 3.03. The molecule has 1 heterocycles. The van der Waals surface area contributed by atoms with Crippen molar-refractivity contribution >= 4 is 11.9 Å². The number of alkyl halides is 3. The van der Waals surface area contributed by atoms with Gasteiger partial charge >= 0.3 is 12.2 Å². The predicted octanol–water partition coefficient (Wildman–Crippen LogP) is 3.55. The van der Waals surface area contributed by atoms with Crippen molar-refractivity contribution in [2.75, 3.05) is 13.1 Å². The fraction of sp³-hybridized carbons (Fsp3) is 0.667. The van der Waals surface area contributed by atoms with E-state index in [1.54, 1.807) is 12.1 Å². The highest BCUT2D eigenvalue weighted by atomic mass is 19.4. The molecule has 1 unspecified atom stereocenters. The van der Waals surface area contributed by atoms with Crippen LogP contribution in [0.25, 0.3) is 0 Å². The van der Waals surface area contributed by atoms with E-state index in [-0.39, 0.29) is 44.4 Å². The van der Waals surface area contributed by atoms with Gasteiger partial charge in [-0.25, -0.2) is 4.79 Å². The molecule has 1 aliphatic heterocycles. The molecule has 34 heavy (non-hydrogen) atoms. The molecule has 1 saturated heterocycles. The number of nitrogens with one attached hydrogen (secondary N) is 2. The molecule has 190 valence electrons. The number of carbonyl (C=O) groups is 2. The topological polar surface area (TPSA) is 102 Å². The Hall–Kier alpha value is -2.33. The second-order valence-electron chi connectivity index (χ2n) is 9.74. The lowest BCUT2D eigenvalue weighted by Crippen LogP contribution is -2.59. The van der Waals surface area contributed by atoms with Crippen molar-refractivity contribution in [3.63, 3.8) is 0 Å². The number of imide groups is 1. The number of hydrogen-bond donors (Lipinski definition) is 4. The van der Waals surface area contributed by atoms with Gasteiger partial charge in [0.15, 0.2) is 0 Å². The summed E-state index contributed by atoms with van der Waals surface area (Å²) in [5, 5.41) is 26.1. The summed E-state index contributed by atoms with van der Waals surface area (Å²) in [7, 11) is 0. The molecule has 1 saturated carbocycles. The summed E-state index contributed by atoms with van der Waals surface area (Å²) in [5.41, 5.74) is -0.193. The van der Waals surface area contributed by atoms with E-state index in [0.717, 1.165) is 11.1 Å². The summed E-state index contributed by atoms with van der Waals surface area (Å²) >= 11 is 0. The zero-order chi connectivity index (χ0) is 25.1. The lowest BCUT2D eigenvalue weighted by atomic mass is 9.71. The van der Waals surface area contributed by atoms with Crippen molar-refractivity contribution in [3.8, 4) is 5.75 Å². The SMILES string of the molecule is Cc1ccc(O)cc1CCCN(CCCC(F)(F)F)C(C)C1(O)CCC2(CC1)NC(=O)NC2=O. The number of urea groups is 1. The summed E-state index contributed by atoms with van der Waals surface area (Å²) in [6.45, 7) is 4.43. The minimum Gasteiger partial charge on any atom is -0.508 e. The van der Waals surface area contributed by atoms with E-state index in [0.29, 0.717) is 19.4 Å². The molecule has 1 aromatic rings. The van der Waals surface area contributed by atoms with E-state index >= 15 is 0 Å². The molecule has 4 N–H and O–H groups in total. The molecule has 1 atom stereocenters. The molecule has 2 fully saturated rings. The maximum absolute atomic E-state index is 12.8. The number of aryl methyl sites for hydroxylation is 2. The fourth-order valence-electron chi connectivity index (χ4n) is 5.13. The molecule has 2 aliphatic rings. The molecule has 10 heteroatoms. The Kier molecular flexibility index (Phi) is 7.82. The highest BCUT2D eigenvalue weighted by Crippen LogP contribution is 2.40. The fourth-order valence-corrected chi connectivity index (χ4v) is 5.13. The maximum atomic E-state index is 12.8. The zero-order valence-corrected chi connectivity index (χ0v) is 19.7. The Morgan fingerprint density at radius 3 is 2.35 bits per heavy atom. The molecule has 7 nitrogen and oxygen atoms in total. The largest absolute Gasteiger partial charge is 0.508 e. The van der Waals surface area contributed by atoms with E-state index < -0.39 is 41.7 Å². The van der Waals surface area contributed by atoms with Crippen LogP contribution in [0.5, 0.6) is 5.75 Å². The van der Waals surface area contributed by atoms with Crippen LogP contribution in [-0.4, -0.2) is 63.5 Å². The molecule has 3 rings (SSSR count). The third-order valence-electron chi connectivity index (χ3n) is 7.44. The van der Waals surface area contributed by atoms with Gasteiger partial charge in [0.2, 0.25) is 0 Å². The first-order valence-electron chi connectivity index (χ1n) is 11.8. The van der Waals surface area contributed by atoms with Crippen LogP contribution in [0.2, 0.25) is 0 Å². The highest BCUT2D eigenvalue weighted by molar-refractivity contribution is 6.07. The van der Waals surface area contributed by atoms with Crippen LogP contribution in [0.4, 0.5) is 18.0 Å². The van der Waals surface area contributed by atoms with Crippen LogP contribution in [0, 0.1) is 6.92 Å². The Labute approximate surface area is 197 Å². The van der Waals surface area contributed by atoms with Gasteiger partial charge in [0.1, 0.15) is 11.3 Å². The van der Waals surface area contributed by atoms with Crippen LogP contribution >= 0.6 is 0 Å². The smallest absolute Gasteiger partial charge is 0.389 e. The van der Waals surface area contributed by atoms with E-state index in [9.17, 15) is 33.0 Å². The summed E-state index contributed by atoms with van der Waals surface area (Å²) in [5.74, 6) is -0.222. The molecular formula is C24H34F3N3O4. The summed E-state index contributed by atoms with van der Waals surface area (Å²) in [6.07, 6.45) is -2.86. The summed E-state index contributed by atoms with van der Waals surface area (Å²) < 4.78 is 38.3. The van der Waals surface area contributed by atoms with Gasteiger partial charge in [-0.15, -0.1) is 0 Å².